The molecule has 0 bridgehead atoms. The normalized spacial score (nSPS) is 12.1. The van der Waals surface area contributed by atoms with Crippen molar-refractivity contribution in [3.8, 4) is 5.75 Å². The molecular weight excluding hydrogens is 494 g/mol. The summed E-state index contributed by atoms with van der Waals surface area (Å²) < 4.78 is 36.1. The van der Waals surface area contributed by atoms with Crippen LogP contribution in [-0.4, -0.2) is 25.5 Å². The lowest BCUT2D eigenvalue weighted by Crippen LogP contribution is -2.16. The molecule has 0 fully saturated rings. The number of aromatic nitrogens is 1. The summed E-state index contributed by atoms with van der Waals surface area (Å²) in [4.78, 5) is 17.8. The van der Waals surface area contributed by atoms with Crippen molar-refractivity contribution in [3.63, 3.8) is 0 Å². The molecular formula is C24H22ClN3O4S2. The third-order valence-electron chi connectivity index (χ3n) is 4.99. The van der Waals surface area contributed by atoms with Crippen LogP contribution < -0.4 is 14.3 Å². The fraction of sp³-hybridized carbons (Fsp3) is 0.167. The number of rotatable bonds is 7. The van der Waals surface area contributed by atoms with Gasteiger partial charge in [-0.25, -0.2) is 8.42 Å². The topological polar surface area (TPSA) is 89.8 Å². The van der Waals surface area contributed by atoms with Gasteiger partial charge in [0.2, 0.25) is 0 Å². The molecule has 0 aliphatic rings. The summed E-state index contributed by atoms with van der Waals surface area (Å²) in [6, 6.07) is 17.8. The average Bonchev–Trinajstić information content (AvgIpc) is 3.15. The van der Waals surface area contributed by atoms with Crippen LogP contribution in [0.3, 0.4) is 0 Å². The molecule has 1 heterocycles. The number of ether oxygens (including phenoxy) is 1. The van der Waals surface area contributed by atoms with Crippen LogP contribution in [-0.2, 0) is 16.6 Å². The van der Waals surface area contributed by atoms with Crippen molar-refractivity contribution in [3.05, 3.63) is 82.1 Å². The van der Waals surface area contributed by atoms with E-state index in [4.69, 9.17) is 16.3 Å². The van der Waals surface area contributed by atoms with Crippen molar-refractivity contribution in [2.75, 3.05) is 11.3 Å². The van der Waals surface area contributed by atoms with E-state index in [1.54, 1.807) is 12.1 Å². The van der Waals surface area contributed by atoms with E-state index >= 15 is 0 Å². The highest BCUT2D eigenvalue weighted by atomic mass is 35.5. The first-order valence-electron chi connectivity index (χ1n) is 10.5. The van der Waals surface area contributed by atoms with Gasteiger partial charge in [-0.15, -0.1) is 0 Å². The van der Waals surface area contributed by atoms with E-state index in [1.165, 1.54) is 47.7 Å². The lowest BCUT2D eigenvalue weighted by molar-refractivity contribution is 0.0998. The summed E-state index contributed by atoms with van der Waals surface area (Å²) in [6.07, 6.45) is 0. The second-order valence-electron chi connectivity index (χ2n) is 7.25. The summed E-state index contributed by atoms with van der Waals surface area (Å²) in [5, 5.41) is 0.448. The van der Waals surface area contributed by atoms with E-state index in [-0.39, 0.29) is 4.90 Å². The van der Waals surface area contributed by atoms with Crippen LogP contribution in [0.2, 0.25) is 5.02 Å². The molecule has 0 spiro atoms. The van der Waals surface area contributed by atoms with Gasteiger partial charge >= 0.3 is 0 Å². The molecule has 176 valence electrons. The average molecular weight is 516 g/mol. The molecule has 4 aromatic rings. The molecule has 7 nitrogen and oxygen atoms in total. The Balaban J connectivity index is 1.58. The lowest BCUT2D eigenvalue weighted by Gasteiger charge is -2.08. The number of sulfonamides is 1. The van der Waals surface area contributed by atoms with Gasteiger partial charge in [-0.2, -0.15) is 4.99 Å². The van der Waals surface area contributed by atoms with Crippen LogP contribution in [0.4, 0.5) is 5.69 Å². The maximum atomic E-state index is 12.8. The van der Waals surface area contributed by atoms with Crippen molar-refractivity contribution in [2.45, 2.75) is 25.3 Å². The van der Waals surface area contributed by atoms with Crippen LogP contribution in [0.1, 0.15) is 24.2 Å². The third-order valence-corrected chi connectivity index (χ3v) is 7.68. The van der Waals surface area contributed by atoms with Gasteiger partial charge in [0.15, 0.2) is 4.80 Å². The van der Waals surface area contributed by atoms with Crippen LogP contribution >= 0.6 is 22.9 Å². The monoisotopic (exact) mass is 515 g/mol. The Kier molecular flexibility index (Phi) is 7.06. The van der Waals surface area contributed by atoms with Crippen LogP contribution in [0.5, 0.6) is 5.75 Å². The van der Waals surface area contributed by atoms with Gasteiger partial charge in [0.05, 0.1) is 21.7 Å². The van der Waals surface area contributed by atoms with E-state index in [0.29, 0.717) is 34.2 Å². The number of carbonyl (C=O) groups excluding carboxylic acids is 1. The summed E-state index contributed by atoms with van der Waals surface area (Å²) in [6.45, 7) is 5.16. The van der Waals surface area contributed by atoms with Crippen LogP contribution in [0, 0.1) is 0 Å². The van der Waals surface area contributed by atoms with E-state index in [1.807, 2.05) is 36.6 Å². The number of amides is 1. The standard InChI is InChI=1S/C24H22ClN3O4S2/c1-3-28-21-14-11-19(32-4-2)15-22(21)33-24(28)26-23(29)16-5-9-18(10-6-16)27-34(30,31)20-12-7-17(25)8-13-20/h5-15,27H,3-4H2,1-2H3. The maximum Gasteiger partial charge on any atom is 0.279 e. The number of nitrogens with one attached hydrogen (secondary N) is 1. The molecule has 0 unspecified atom stereocenters. The summed E-state index contributed by atoms with van der Waals surface area (Å²) in [5.74, 6) is 0.361. The Labute approximate surface area is 206 Å². The lowest BCUT2D eigenvalue weighted by atomic mass is 10.2. The minimum absolute atomic E-state index is 0.0911. The highest BCUT2D eigenvalue weighted by molar-refractivity contribution is 7.92. The number of hydrogen-bond acceptors (Lipinski definition) is 5. The van der Waals surface area contributed by atoms with Crippen molar-refractivity contribution in [1.82, 2.24) is 4.57 Å². The van der Waals surface area contributed by atoms with E-state index in [9.17, 15) is 13.2 Å². The van der Waals surface area contributed by atoms with Crippen molar-refractivity contribution in [2.24, 2.45) is 4.99 Å². The van der Waals surface area contributed by atoms with Crippen LogP contribution in [0.15, 0.2) is 76.6 Å². The second-order valence-corrected chi connectivity index (χ2v) is 10.4. The Morgan fingerprint density at radius 2 is 1.76 bits per heavy atom. The second kappa shape index (κ2) is 10.0. The SMILES string of the molecule is CCOc1ccc2c(c1)sc(=NC(=O)c1ccc(NS(=O)(=O)c3ccc(Cl)cc3)cc1)n2CC. The number of carbonyl (C=O) groups is 1. The number of benzene rings is 3. The van der Waals surface area contributed by atoms with E-state index in [2.05, 4.69) is 9.71 Å². The first kappa shape index (κ1) is 24.0. The highest BCUT2D eigenvalue weighted by Crippen LogP contribution is 2.24. The molecule has 0 saturated carbocycles. The van der Waals surface area contributed by atoms with Crippen molar-refractivity contribution in [1.29, 1.82) is 0 Å². The van der Waals surface area contributed by atoms with E-state index < -0.39 is 15.9 Å². The molecule has 34 heavy (non-hydrogen) atoms. The Hall–Kier alpha value is -3.14. The number of thiazole rings is 1. The zero-order valence-electron chi connectivity index (χ0n) is 18.5. The Morgan fingerprint density at radius 1 is 1.06 bits per heavy atom. The fourth-order valence-electron chi connectivity index (χ4n) is 3.36. The first-order valence-corrected chi connectivity index (χ1v) is 13.2. The number of halogens is 1. The molecule has 1 N–H and O–H groups in total. The summed E-state index contributed by atoms with van der Waals surface area (Å²) in [7, 11) is -3.77. The van der Waals surface area contributed by atoms with Crippen molar-refractivity contribution >= 4 is 54.8 Å². The molecule has 0 saturated heterocycles. The van der Waals surface area contributed by atoms with Gasteiger partial charge in [-0.1, -0.05) is 22.9 Å². The smallest absolute Gasteiger partial charge is 0.279 e. The largest absolute Gasteiger partial charge is 0.494 e. The predicted octanol–water partition coefficient (Wildman–Crippen LogP) is 5.32. The van der Waals surface area contributed by atoms with Gasteiger partial charge in [0.25, 0.3) is 15.9 Å². The molecule has 3 aromatic carbocycles. The first-order chi connectivity index (χ1) is 16.3. The predicted molar refractivity (Wildman–Crippen MR) is 135 cm³/mol. The fourth-order valence-corrected chi connectivity index (χ4v) is 5.67. The molecule has 0 radical (unpaired) electrons. The maximum absolute atomic E-state index is 12.8. The zero-order chi connectivity index (χ0) is 24.3. The molecule has 10 heteroatoms. The number of hydrogen-bond donors (Lipinski definition) is 1. The van der Waals surface area contributed by atoms with Gasteiger partial charge < -0.3 is 9.30 Å². The minimum Gasteiger partial charge on any atom is -0.494 e. The number of anilines is 1. The van der Waals surface area contributed by atoms with Crippen LogP contribution in [0.25, 0.3) is 10.2 Å². The zero-order valence-corrected chi connectivity index (χ0v) is 20.9. The minimum atomic E-state index is -3.77. The molecule has 0 aliphatic heterocycles. The quantitative estimate of drug-likeness (QED) is 0.361. The third kappa shape index (κ3) is 5.16. The summed E-state index contributed by atoms with van der Waals surface area (Å²) >= 11 is 7.24. The highest BCUT2D eigenvalue weighted by Gasteiger charge is 2.15. The van der Waals surface area contributed by atoms with Gasteiger partial charge in [0, 0.05) is 22.8 Å². The van der Waals surface area contributed by atoms with Crippen molar-refractivity contribution < 1.29 is 17.9 Å². The molecule has 1 aromatic heterocycles. The van der Waals surface area contributed by atoms with E-state index in [0.717, 1.165) is 16.0 Å². The molecule has 0 aliphatic carbocycles. The molecule has 0 atom stereocenters. The Bertz CT molecular complexity index is 1510. The van der Waals surface area contributed by atoms with Gasteiger partial charge in [-0.3, -0.25) is 9.52 Å². The molecule has 4 rings (SSSR count). The molecule has 1 amide bonds. The Morgan fingerprint density at radius 3 is 2.41 bits per heavy atom. The number of aryl methyl sites for hydroxylation is 1. The van der Waals surface area contributed by atoms with Gasteiger partial charge in [0.1, 0.15) is 5.75 Å². The number of fused-ring (bicyclic) bond motifs is 1. The summed E-state index contributed by atoms with van der Waals surface area (Å²) in [5.41, 5.74) is 1.67. The number of nitrogens with zero attached hydrogens (tertiary/aromatic N) is 2. The van der Waals surface area contributed by atoms with Gasteiger partial charge in [-0.05, 0) is 80.6 Å².